The van der Waals surface area contributed by atoms with E-state index in [9.17, 15) is 24.3 Å². The number of carbonyl (C=O) groups is 4. The van der Waals surface area contributed by atoms with Crippen LogP contribution >= 0.6 is 0 Å². The summed E-state index contributed by atoms with van der Waals surface area (Å²) in [7, 11) is 0. The molecule has 0 spiro atoms. The van der Waals surface area contributed by atoms with Crippen molar-refractivity contribution in [3.8, 4) is 0 Å². The number of ether oxygens (including phenoxy) is 5. The Morgan fingerprint density at radius 3 is 2.21 bits per heavy atom. The minimum atomic E-state index is -1.37. The monoisotopic (exact) mass is 596 g/mol. The predicted molar refractivity (Wildman–Crippen MR) is 156 cm³/mol. The van der Waals surface area contributed by atoms with E-state index in [0.717, 1.165) is 11.1 Å². The van der Waals surface area contributed by atoms with Crippen LogP contribution in [0.4, 0.5) is 0 Å². The van der Waals surface area contributed by atoms with Gasteiger partial charge in [-0.2, -0.15) is 0 Å². The summed E-state index contributed by atoms with van der Waals surface area (Å²) in [5.41, 5.74) is 2.58. The molecule has 1 N–H and O–H groups in total. The second kappa shape index (κ2) is 14.8. The number of hydrogen-bond donors (Lipinski definition) is 1. The Balaban J connectivity index is 2.14. The molecule has 0 fully saturated rings. The fourth-order valence-electron chi connectivity index (χ4n) is 5.35. The van der Waals surface area contributed by atoms with Gasteiger partial charge in [0.05, 0.1) is 17.7 Å². The molecule has 232 valence electrons. The van der Waals surface area contributed by atoms with Gasteiger partial charge in [0.1, 0.15) is 12.2 Å². The molecule has 3 rings (SSSR count). The van der Waals surface area contributed by atoms with Crippen LogP contribution in [-0.4, -0.2) is 59.7 Å². The predicted octanol–water partition coefficient (Wildman–Crippen LogP) is 4.73. The van der Waals surface area contributed by atoms with Gasteiger partial charge in [-0.05, 0) is 63.5 Å². The summed E-state index contributed by atoms with van der Waals surface area (Å²) >= 11 is 0. The maximum atomic E-state index is 13.2. The molecule has 43 heavy (non-hydrogen) atoms. The first-order valence-corrected chi connectivity index (χ1v) is 14.1. The lowest BCUT2D eigenvalue weighted by Crippen LogP contribution is -2.47. The van der Waals surface area contributed by atoms with Crippen molar-refractivity contribution in [3.63, 3.8) is 0 Å². The number of aliphatic hydroxyl groups excluding tert-OH is 1. The number of carbonyl (C=O) groups excluding carboxylic acids is 4. The van der Waals surface area contributed by atoms with Crippen molar-refractivity contribution in [3.05, 3.63) is 83.2 Å². The molecule has 0 amide bonds. The van der Waals surface area contributed by atoms with Crippen molar-refractivity contribution in [2.24, 2.45) is 11.8 Å². The van der Waals surface area contributed by atoms with Crippen LogP contribution in [0.5, 0.6) is 0 Å². The van der Waals surface area contributed by atoms with Gasteiger partial charge in [-0.25, -0.2) is 4.79 Å². The van der Waals surface area contributed by atoms with E-state index in [1.165, 1.54) is 27.0 Å². The molecular formula is C33H40O10. The molecule has 1 aliphatic heterocycles. The average molecular weight is 597 g/mol. The molecular weight excluding hydrogens is 556 g/mol. The molecule has 1 aromatic carbocycles. The van der Waals surface area contributed by atoms with E-state index in [0.29, 0.717) is 24.0 Å². The topological polar surface area (TPSA) is 135 Å². The van der Waals surface area contributed by atoms with E-state index in [-0.39, 0.29) is 5.57 Å². The highest BCUT2D eigenvalue weighted by Gasteiger charge is 2.48. The smallest absolute Gasteiger partial charge is 0.338 e. The summed E-state index contributed by atoms with van der Waals surface area (Å²) in [6, 6.07) is 8.42. The highest BCUT2D eigenvalue weighted by molar-refractivity contribution is 5.89. The lowest BCUT2D eigenvalue weighted by Gasteiger charge is -2.42. The first kappa shape index (κ1) is 33.3. The fourth-order valence-corrected chi connectivity index (χ4v) is 5.35. The van der Waals surface area contributed by atoms with Crippen LogP contribution in [0.1, 0.15) is 64.7 Å². The zero-order valence-electron chi connectivity index (χ0n) is 25.4. The zero-order chi connectivity index (χ0) is 31.8. The van der Waals surface area contributed by atoms with Crippen molar-refractivity contribution in [2.75, 3.05) is 0 Å². The Labute approximate surface area is 252 Å². The molecule has 0 saturated heterocycles. The van der Waals surface area contributed by atoms with Gasteiger partial charge in [-0.1, -0.05) is 35.9 Å². The number of fused-ring (bicyclic) bond motifs is 1. The fraction of sp³-hybridized carbons (Fsp3) is 0.455. The summed E-state index contributed by atoms with van der Waals surface area (Å²) in [5.74, 6) is -3.86. The molecule has 0 aromatic heterocycles. The van der Waals surface area contributed by atoms with Crippen molar-refractivity contribution in [1.29, 1.82) is 0 Å². The van der Waals surface area contributed by atoms with Crippen molar-refractivity contribution < 1.29 is 48.0 Å². The summed E-state index contributed by atoms with van der Waals surface area (Å²) in [4.78, 5) is 49.6. The number of esters is 4. The molecule has 0 saturated carbocycles. The highest BCUT2D eigenvalue weighted by atomic mass is 16.7. The molecule has 1 aliphatic carbocycles. The minimum absolute atomic E-state index is 0.195. The number of rotatable bonds is 8. The van der Waals surface area contributed by atoms with E-state index < -0.39 is 66.4 Å². The summed E-state index contributed by atoms with van der Waals surface area (Å²) in [6.45, 7) is 13.3. The Morgan fingerprint density at radius 2 is 1.63 bits per heavy atom. The molecule has 1 aromatic rings. The van der Waals surface area contributed by atoms with E-state index >= 15 is 0 Å². The molecule has 0 bridgehead atoms. The van der Waals surface area contributed by atoms with Gasteiger partial charge in [-0.15, -0.1) is 0 Å². The quantitative estimate of drug-likeness (QED) is 0.255. The Kier molecular flexibility index (Phi) is 11.5. The summed E-state index contributed by atoms with van der Waals surface area (Å²) < 4.78 is 28.6. The SMILES string of the molecule is C=C1[C@@H]2[C@@H](OC(C)=O)OC=C([C@H](OC(C)=O)[C@@H](C=C(C)C)OC(=O)c3ccccc3)[C@H]2CCC(C)=C[C@@H](OC(C)=O)[C@H]1O. The maximum Gasteiger partial charge on any atom is 0.338 e. The Morgan fingerprint density at radius 1 is 0.977 bits per heavy atom. The molecule has 10 heteroatoms. The second-order valence-corrected chi connectivity index (χ2v) is 11.0. The maximum absolute atomic E-state index is 13.2. The lowest BCUT2D eigenvalue weighted by molar-refractivity contribution is -0.183. The summed E-state index contributed by atoms with van der Waals surface area (Å²) in [5, 5.41) is 11.4. The second-order valence-electron chi connectivity index (χ2n) is 11.0. The van der Waals surface area contributed by atoms with Gasteiger partial charge in [0.2, 0.25) is 6.29 Å². The minimum Gasteiger partial charge on any atom is -0.462 e. The van der Waals surface area contributed by atoms with Gasteiger partial charge in [0.15, 0.2) is 12.2 Å². The van der Waals surface area contributed by atoms with Crippen LogP contribution < -0.4 is 0 Å². The number of aliphatic hydroxyl groups is 1. The Bertz CT molecular complexity index is 1300. The van der Waals surface area contributed by atoms with Crippen LogP contribution in [0, 0.1) is 11.8 Å². The van der Waals surface area contributed by atoms with Crippen LogP contribution in [-0.2, 0) is 38.1 Å². The van der Waals surface area contributed by atoms with E-state index in [2.05, 4.69) is 6.58 Å². The van der Waals surface area contributed by atoms with Crippen LogP contribution in [0.3, 0.4) is 0 Å². The molecule has 0 unspecified atom stereocenters. The number of benzene rings is 1. The molecule has 2 aliphatic rings. The van der Waals surface area contributed by atoms with Gasteiger partial charge in [0.25, 0.3) is 0 Å². The standard InChI is InChI=1S/C33H40O10/c1-18(2)15-28(43-32(38)24-11-9-8-10-12-24)31(41-22(6)35)26-17-39-33(42-23(7)36)29-20(4)30(37)27(40-21(5)34)16-19(3)13-14-25(26)29/h8-12,15-17,25,27-31,33,37H,4,13-14H2,1-3,5-7H3/t25-,27-,28-,29+,30+,31+,33-/m1/s1. The van der Waals surface area contributed by atoms with E-state index in [1.807, 2.05) is 20.8 Å². The molecule has 1 heterocycles. The van der Waals surface area contributed by atoms with Crippen molar-refractivity contribution >= 4 is 23.9 Å². The van der Waals surface area contributed by atoms with Crippen molar-refractivity contribution in [1.82, 2.24) is 0 Å². The van der Waals surface area contributed by atoms with Crippen LogP contribution in [0.2, 0.25) is 0 Å². The normalized spacial score (nSPS) is 24.9. The van der Waals surface area contributed by atoms with Gasteiger partial charge in [0, 0.05) is 32.3 Å². The Hall–Kier alpha value is -4.18. The third kappa shape index (κ3) is 8.90. The van der Waals surface area contributed by atoms with Crippen LogP contribution in [0.25, 0.3) is 0 Å². The lowest BCUT2D eigenvalue weighted by atomic mass is 9.73. The molecule has 0 radical (unpaired) electrons. The van der Waals surface area contributed by atoms with Gasteiger partial charge >= 0.3 is 23.9 Å². The number of allylic oxidation sites excluding steroid dienone is 2. The first-order valence-electron chi connectivity index (χ1n) is 14.1. The van der Waals surface area contributed by atoms with Crippen molar-refractivity contribution in [2.45, 2.75) is 85.1 Å². The molecule has 7 atom stereocenters. The van der Waals surface area contributed by atoms with Crippen LogP contribution in [0.15, 0.2) is 77.6 Å². The van der Waals surface area contributed by atoms with E-state index in [4.69, 9.17) is 23.7 Å². The largest absolute Gasteiger partial charge is 0.462 e. The van der Waals surface area contributed by atoms with Gasteiger partial charge in [-0.3, -0.25) is 14.4 Å². The summed E-state index contributed by atoms with van der Waals surface area (Å²) in [6.07, 6.45) is -0.171. The average Bonchev–Trinajstić information content (AvgIpc) is 2.96. The number of hydrogen-bond acceptors (Lipinski definition) is 10. The first-order chi connectivity index (χ1) is 20.3. The van der Waals surface area contributed by atoms with Gasteiger partial charge < -0.3 is 28.8 Å². The third-order valence-electron chi connectivity index (χ3n) is 7.17. The zero-order valence-corrected chi connectivity index (χ0v) is 25.4. The van der Waals surface area contributed by atoms with E-state index in [1.54, 1.807) is 42.5 Å². The third-order valence-corrected chi connectivity index (χ3v) is 7.17. The highest BCUT2D eigenvalue weighted by Crippen LogP contribution is 2.44. The molecule has 10 nitrogen and oxygen atoms in total.